The Morgan fingerprint density at radius 1 is 0.675 bits per heavy atom. The van der Waals surface area contributed by atoms with Gasteiger partial charge in [-0.25, -0.2) is 4.39 Å². The Labute approximate surface area is 450 Å². The predicted octanol–water partition coefficient (Wildman–Crippen LogP) is 19.0. The summed E-state index contributed by atoms with van der Waals surface area (Å²) in [5.74, 6) is 1.73. The lowest BCUT2D eigenvalue weighted by atomic mass is 9.73. The molecule has 0 bridgehead atoms. The molecule has 8 aromatic rings. The molecule has 1 fully saturated rings. The molecule has 11 rings (SSSR count). The number of ether oxygens (including phenoxy) is 2. The van der Waals surface area contributed by atoms with Gasteiger partial charge in [-0.05, 0) is 166 Å². The molecule has 1 aliphatic heterocycles. The Morgan fingerprint density at radius 2 is 1.31 bits per heavy atom. The van der Waals surface area contributed by atoms with Crippen LogP contribution >= 0.6 is 0 Å². The lowest BCUT2D eigenvalue weighted by molar-refractivity contribution is -0.137. The Hall–Kier alpha value is -7.45. The van der Waals surface area contributed by atoms with Crippen molar-refractivity contribution in [3.63, 3.8) is 0 Å². The molecule has 4 nitrogen and oxygen atoms in total. The summed E-state index contributed by atoms with van der Waals surface area (Å²) in [7, 11) is 0. The minimum Gasteiger partial charge on any atom is -0.494 e. The third-order valence-corrected chi connectivity index (χ3v) is 16.7. The van der Waals surface area contributed by atoms with Crippen molar-refractivity contribution in [2.45, 2.75) is 115 Å². The zero-order chi connectivity index (χ0) is 53.5. The Morgan fingerprint density at radius 3 is 1.97 bits per heavy atom. The third-order valence-electron chi connectivity index (χ3n) is 16.7. The molecule has 1 amide bonds. The summed E-state index contributed by atoms with van der Waals surface area (Å²) in [5.41, 5.74) is 8.85. The van der Waals surface area contributed by atoms with E-state index in [1.54, 1.807) is 18.2 Å². The van der Waals surface area contributed by atoms with Crippen molar-refractivity contribution in [2.24, 2.45) is 5.92 Å². The number of anilines is 1. The average Bonchev–Trinajstić information content (AvgIpc) is 3.72. The number of nitrogens with one attached hydrogen (secondary N) is 1. The topological polar surface area (TPSA) is 47.6 Å². The molecule has 392 valence electrons. The lowest BCUT2D eigenvalue weighted by Crippen LogP contribution is -2.36. The number of carbonyl (C=O) groups is 1. The zero-order valence-corrected chi connectivity index (χ0v) is 44.3. The summed E-state index contributed by atoms with van der Waals surface area (Å²) < 4.78 is 73.1. The predicted molar refractivity (Wildman–Crippen MR) is 303 cm³/mol. The van der Waals surface area contributed by atoms with Crippen LogP contribution in [0.1, 0.15) is 153 Å². The first kappa shape index (κ1) is 51.6. The van der Waals surface area contributed by atoms with Crippen LogP contribution in [0.15, 0.2) is 170 Å². The van der Waals surface area contributed by atoms with Gasteiger partial charge in [-0.15, -0.1) is 0 Å². The van der Waals surface area contributed by atoms with E-state index in [1.807, 2.05) is 97.1 Å². The molecule has 1 heterocycles. The Kier molecular flexibility index (Phi) is 14.2. The van der Waals surface area contributed by atoms with Crippen LogP contribution in [0.5, 0.6) is 11.5 Å². The molecule has 0 aromatic heterocycles. The van der Waals surface area contributed by atoms with Crippen molar-refractivity contribution in [2.75, 3.05) is 11.9 Å². The van der Waals surface area contributed by atoms with Crippen molar-refractivity contribution in [3.05, 3.63) is 226 Å². The summed E-state index contributed by atoms with van der Waals surface area (Å²) in [6.07, 6.45) is 9.73. The number of benzene rings is 8. The van der Waals surface area contributed by atoms with Gasteiger partial charge < -0.3 is 14.8 Å². The van der Waals surface area contributed by atoms with E-state index < -0.39 is 28.6 Å². The van der Waals surface area contributed by atoms with Crippen LogP contribution in [0.25, 0.3) is 38.6 Å². The summed E-state index contributed by atoms with van der Waals surface area (Å²) in [6.45, 7) is 9.20. The van der Waals surface area contributed by atoms with Crippen molar-refractivity contribution in [1.82, 2.24) is 0 Å². The highest BCUT2D eigenvalue weighted by molar-refractivity contribution is 6.11. The Bertz CT molecular complexity index is 3460. The minimum absolute atomic E-state index is 0.262. The van der Waals surface area contributed by atoms with Crippen molar-refractivity contribution >= 4 is 27.9 Å². The number of alkyl halides is 3. The average molecular weight is 1030 g/mol. The monoisotopic (exact) mass is 1030 g/mol. The highest BCUT2D eigenvalue weighted by atomic mass is 19.4. The number of hydrogen-bond acceptors (Lipinski definition) is 3. The van der Waals surface area contributed by atoms with Gasteiger partial charge in [-0.2, -0.15) is 13.2 Å². The Balaban J connectivity index is 0.962. The molecule has 1 N–H and O–H groups in total. The molecular weight excluding hydrogens is 967 g/mol. The number of unbranched alkanes of at least 4 members (excludes halogenated alkanes) is 3. The molecular formula is C69H65F4NO3. The number of carbonyl (C=O) groups excluding carboxylic acids is 1. The van der Waals surface area contributed by atoms with Gasteiger partial charge >= 0.3 is 6.18 Å². The SMILES string of the molecule is CCCCC[C@H]1CC[C@H](c2ccc(-c3ccc(C(=O)Nc4ccc(C5=CC(c6ccc(F)cc6)(c6ccc(OCCCC)cc6)Oc6c5c5c(c7ccc(C(F)(F)F)cc67)-c6ccccc6C5(C)C)cc4)cc3)cc2)CC1. The van der Waals surface area contributed by atoms with Crippen LogP contribution in [-0.4, -0.2) is 12.5 Å². The van der Waals surface area contributed by atoms with Crippen LogP contribution in [0.3, 0.4) is 0 Å². The third kappa shape index (κ3) is 9.96. The van der Waals surface area contributed by atoms with Gasteiger partial charge in [0.15, 0.2) is 5.60 Å². The van der Waals surface area contributed by atoms with E-state index in [0.717, 1.165) is 63.8 Å². The zero-order valence-electron chi connectivity index (χ0n) is 44.3. The molecule has 8 heteroatoms. The molecule has 0 saturated heterocycles. The summed E-state index contributed by atoms with van der Waals surface area (Å²) in [6, 6.07) is 49.8. The van der Waals surface area contributed by atoms with Crippen molar-refractivity contribution in [1.29, 1.82) is 0 Å². The van der Waals surface area contributed by atoms with Crippen LogP contribution < -0.4 is 14.8 Å². The van der Waals surface area contributed by atoms with Gasteiger partial charge in [0.2, 0.25) is 0 Å². The summed E-state index contributed by atoms with van der Waals surface area (Å²) in [5, 5.41) is 4.03. The molecule has 1 atom stereocenters. The fourth-order valence-corrected chi connectivity index (χ4v) is 12.4. The molecule has 1 unspecified atom stereocenters. The fraction of sp³-hybridized carbons (Fsp3) is 0.290. The molecule has 0 radical (unpaired) electrons. The van der Waals surface area contributed by atoms with E-state index >= 15 is 0 Å². The van der Waals surface area contributed by atoms with E-state index in [9.17, 15) is 22.4 Å². The molecule has 2 aliphatic carbocycles. The first-order chi connectivity index (χ1) is 37.2. The second kappa shape index (κ2) is 21.2. The standard InChI is InChI=1S/C69H65F4NO3/c1-5-7-9-12-44-15-17-45(18-16-44)46-19-21-47(22-20-46)48-23-25-50(26-24-48)66(75)74-55-36-27-49(28-37-55)60-43-68(51-29-34-54(70)35-30-51,52-31-38-56(39-32-52)76-41-8-6-2)77-65-59-42-53(69(71,72)73)33-40-57(59)62-58-13-10-11-14-61(58)67(3,4)64(62)63(60)65/h10-11,13-14,19-40,42-45H,5-9,12,15-18,41H2,1-4H3,(H,74,75)/t44-,45-,68?. The molecule has 3 aliphatic rings. The first-order valence-corrected chi connectivity index (χ1v) is 27.6. The lowest BCUT2D eigenvalue weighted by Gasteiger charge is -2.41. The number of halogens is 4. The van der Waals surface area contributed by atoms with Gasteiger partial charge in [0.05, 0.1) is 12.2 Å². The molecule has 77 heavy (non-hydrogen) atoms. The number of amides is 1. The number of fused-ring (bicyclic) bond motifs is 8. The number of rotatable bonds is 15. The summed E-state index contributed by atoms with van der Waals surface area (Å²) in [4.78, 5) is 13.9. The normalized spacial score (nSPS) is 18.4. The first-order valence-electron chi connectivity index (χ1n) is 27.6. The van der Waals surface area contributed by atoms with Gasteiger partial charge in [0.1, 0.15) is 17.3 Å². The highest BCUT2D eigenvalue weighted by Gasteiger charge is 2.47. The quantitative estimate of drug-likeness (QED) is 0.0822. The van der Waals surface area contributed by atoms with E-state index in [0.29, 0.717) is 62.6 Å². The van der Waals surface area contributed by atoms with Crippen LogP contribution in [0.2, 0.25) is 0 Å². The fourth-order valence-electron chi connectivity index (χ4n) is 12.4. The maximum Gasteiger partial charge on any atom is 0.416 e. The van der Waals surface area contributed by atoms with E-state index in [-0.39, 0.29) is 11.7 Å². The van der Waals surface area contributed by atoms with Crippen molar-refractivity contribution < 1.29 is 31.8 Å². The highest BCUT2D eigenvalue weighted by Crippen LogP contribution is 2.61. The maximum atomic E-state index is 14.9. The summed E-state index contributed by atoms with van der Waals surface area (Å²) >= 11 is 0. The largest absolute Gasteiger partial charge is 0.494 e. The van der Waals surface area contributed by atoms with Gasteiger partial charge in [-0.3, -0.25) is 4.79 Å². The van der Waals surface area contributed by atoms with Crippen LogP contribution in [-0.2, 0) is 17.2 Å². The second-order valence-electron chi connectivity index (χ2n) is 22.0. The minimum atomic E-state index is -4.65. The van der Waals surface area contributed by atoms with E-state index in [2.05, 4.69) is 63.3 Å². The van der Waals surface area contributed by atoms with Crippen LogP contribution in [0.4, 0.5) is 23.2 Å². The molecule has 1 saturated carbocycles. The van der Waals surface area contributed by atoms with Gasteiger partial charge in [-0.1, -0.05) is 163 Å². The van der Waals surface area contributed by atoms with E-state index in [4.69, 9.17) is 9.47 Å². The van der Waals surface area contributed by atoms with Crippen LogP contribution in [0, 0.1) is 11.7 Å². The van der Waals surface area contributed by atoms with Gasteiger partial charge in [0, 0.05) is 38.7 Å². The van der Waals surface area contributed by atoms with Gasteiger partial charge in [0.25, 0.3) is 5.91 Å². The van der Waals surface area contributed by atoms with Crippen molar-refractivity contribution in [3.8, 4) is 33.8 Å². The maximum absolute atomic E-state index is 14.9. The van der Waals surface area contributed by atoms with E-state index in [1.165, 1.54) is 75.1 Å². The molecule has 0 spiro atoms. The number of hydrogen-bond donors (Lipinski definition) is 1. The second-order valence-corrected chi connectivity index (χ2v) is 22.0. The smallest absolute Gasteiger partial charge is 0.416 e. The molecule has 8 aromatic carbocycles.